The van der Waals surface area contributed by atoms with Gasteiger partial charge in [-0.2, -0.15) is 13.2 Å². The number of rotatable bonds is 1. The van der Waals surface area contributed by atoms with E-state index in [1.54, 1.807) is 0 Å². The average molecular weight is 324 g/mol. The topological polar surface area (TPSA) is 33.4 Å². The molecule has 74 valence electrons. The summed E-state index contributed by atoms with van der Waals surface area (Å²) in [6, 6.07) is 1.06. The van der Waals surface area contributed by atoms with Crippen LogP contribution in [0.15, 0.2) is 19.6 Å². The third-order valence-electron chi connectivity index (χ3n) is 1.24. The largest absolute Gasteiger partial charge is 0.450 e. The van der Waals surface area contributed by atoms with E-state index in [1.165, 1.54) is 0 Å². The number of aliphatic hydroxyl groups excluding tert-OH is 1. The molecule has 13 heavy (non-hydrogen) atoms. The maximum absolute atomic E-state index is 11.9. The van der Waals surface area contributed by atoms with Crippen molar-refractivity contribution >= 4 is 31.9 Å². The Kier molecular flexibility index (Phi) is 3.09. The molecule has 0 aromatic carbocycles. The van der Waals surface area contributed by atoms with E-state index in [-0.39, 0.29) is 4.67 Å². The molecule has 0 radical (unpaired) electrons. The van der Waals surface area contributed by atoms with Gasteiger partial charge in [0, 0.05) is 0 Å². The highest BCUT2D eigenvalue weighted by Crippen LogP contribution is 2.37. The van der Waals surface area contributed by atoms with Gasteiger partial charge in [0.15, 0.2) is 4.67 Å². The Hall–Kier alpha value is -0.0100. The van der Waals surface area contributed by atoms with Crippen molar-refractivity contribution in [1.82, 2.24) is 0 Å². The molecule has 7 heteroatoms. The highest BCUT2D eigenvalue weighted by molar-refractivity contribution is 9.13. The van der Waals surface area contributed by atoms with Crippen LogP contribution in [0.5, 0.6) is 0 Å². The summed E-state index contributed by atoms with van der Waals surface area (Å²) < 4.78 is 40.8. The van der Waals surface area contributed by atoms with Crippen molar-refractivity contribution in [3.63, 3.8) is 0 Å². The van der Waals surface area contributed by atoms with Crippen LogP contribution in [-0.4, -0.2) is 11.3 Å². The van der Waals surface area contributed by atoms with Crippen LogP contribution in [0, 0.1) is 0 Å². The molecule has 1 aromatic rings. The highest BCUT2D eigenvalue weighted by Gasteiger charge is 2.41. The molecule has 0 bridgehead atoms. The Bertz CT molecular complexity index is 288. The summed E-state index contributed by atoms with van der Waals surface area (Å²) in [7, 11) is 0. The molecule has 0 fully saturated rings. The van der Waals surface area contributed by atoms with E-state index in [1.807, 2.05) is 0 Å². The zero-order valence-electron chi connectivity index (χ0n) is 5.90. The molecule has 0 amide bonds. The van der Waals surface area contributed by atoms with Crippen LogP contribution in [0.25, 0.3) is 0 Å². The molecule has 1 heterocycles. The predicted molar refractivity (Wildman–Crippen MR) is 45.1 cm³/mol. The first kappa shape index (κ1) is 11.1. The number of halogens is 5. The summed E-state index contributed by atoms with van der Waals surface area (Å²) in [5, 5.41) is 8.73. The first-order valence-electron chi connectivity index (χ1n) is 3.02. The normalized spacial score (nSPS) is 14.6. The third-order valence-corrected chi connectivity index (χ3v) is 2.95. The second-order valence-electron chi connectivity index (χ2n) is 2.21. The fourth-order valence-corrected chi connectivity index (χ4v) is 1.27. The van der Waals surface area contributed by atoms with E-state index in [4.69, 9.17) is 5.11 Å². The van der Waals surface area contributed by atoms with Gasteiger partial charge in [0.25, 0.3) is 0 Å². The van der Waals surface area contributed by atoms with E-state index < -0.39 is 18.0 Å². The Morgan fingerprint density at radius 3 is 2.23 bits per heavy atom. The van der Waals surface area contributed by atoms with Crippen molar-refractivity contribution < 1.29 is 22.7 Å². The molecule has 2 nitrogen and oxygen atoms in total. The quantitative estimate of drug-likeness (QED) is 0.859. The van der Waals surface area contributed by atoms with E-state index >= 15 is 0 Å². The second kappa shape index (κ2) is 3.62. The summed E-state index contributed by atoms with van der Waals surface area (Å²) in [5.74, 6) is -0.550. The summed E-state index contributed by atoms with van der Waals surface area (Å²) >= 11 is 5.79. The number of aliphatic hydroxyl groups is 1. The van der Waals surface area contributed by atoms with Crippen LogP contribution < -0.4 is 0 Å². The van der Waals surface area contributed by atoms with Gasteiger partial charge in [-0.05, 0) is 37.9 Å². The lowest BCUT2D eigenvalue weighted by molar-refractivity contribution is -0.211. The number of hydrogen-bond acceptors (Lipinski definition) is 2. The molecule has 0 saturated carbocycles. The molecule has 0 aliphatic carbocycles. The van der Waals surface area contributed by atoms with Crippen molar-refractivity contribution in [2.24, 2.45) is 0 Å². The summed E-state index contributed by atoms with van der Waals surface area (Å²) in [4.78, 5) is 0. The van der Waals surface area contributed by atoms with Crippen LogP contribution in [0.2, 0.25) is 0 Å². The maximum Gasteiger partial charge on any atom is 0.421 e. The van der Waals surface area contributed by atoms with Gasteiger partial charge in [0.1, 0.15) is 5.76 Å². The van der Waals surface area contributed by atoms with Crippen LogP contribution in [0.4, 0.5) is 13.2 Å². The van der Waals surface area contributed by atoms with Gasteiger partial charge < -0.3 is 9.52 Å². The van der Waals surface area contributed by atoms with E-state index in [9.17, 15) is 13.2 Å². The van der Waals surface area contributed by atoms with Crippen LogP contribution >= 0.6 is 31.9 Å². The van der Waals surface area contributed by atoms with E-state index in [0.29, 0.717) is 4.47 Å². The Labute approximate surface area is 88.0 Å². The SMILES string of the molecule is OC(c1cc(Br)c(Br)o1)C(F)(F)F. The summed E-state index contributed by atoms with van der Waals surface area (Å²) in [6.45, 7) is 0. The zero-order chi connectivity index (χ0) is 10.2. The minimum atomic E-state index is -4.71. The molecule has 1 rings (SSSR count). The fourth-order valence-electron chi connectivity index (χ4n) is 0.659. The molecule has 1 aromatic heterocycles. The summed E-state index contributed by atoms with van der Waals surface area (Å²) in [5.41, 5.74) is 0. The third kappa shape index (κ3) is 2.47. The standard InChI is InChI=1S/C6H3Br2F3O2/c7-2-1-3(13-5(2)8)4(12)6(9,10)11/h1,4,12H. The van der Waals surface area contributed by atoms with Crippen LogP contribution in [0.3, 0.4) is 0 Å². The number of hydrogen-bond donors (Lipinski definition) is 1. The molecule has 1 atom stereocenters. The molecule has 1 unspecified atom stereocenters. The number of alkyl halides is 3. The molecule has 1 N–H and O–H groups in total. The van der Waals surface area contributed by atoms with Crippen molar-refractivity contribution in [3.05, 3.63) is 21.0 Å². The van der Waals surface area contributed by atoms with Crippen LogP contribution in [0.1, 0.15) is 11.9 Å². The minimum absolute atomic E-state index is 0.116. The first-order chi connectivity index (χ1) is 5.82. The first-order valence-corrected chi connectivity index (χ1v) is 4.60. The lowest BCUT2D eigenvalue weighted by Gasteiger charge is -2.10. The molecular formula is C6H3Br2F3O2. The molecule has 0 saturated heterocycles. The van der Waals surface area contributed by atoms with E-state index in [2.05, 4.69) is 36.3 Å². The van der Waals surface area contributed by atoms with Crippen molar-refractivity contribution in [2.75, 3.05) is 0 Å². The lowest BCUT2D eigenvalue weighted by atomic mass is 10.3. The lowest BCUT2D eigenvalue weighted by Crippen LogP contribution is -2.19. The van der Waals surface area contributed by atoms with Gasteiger partial charge in [0.05, 0.1) is 4.47 Å². The smallest absolute Gasteiger partial charge is 0.421 e. The van der Waals surface area contributed by atoms with Crippen molar-refractivity contribution in [3.8, 4) is 0 Å². The molecule has 0 spiro atoms. The van der Waals surface area contributed by atoms with Gasteiger partial charge in [-0.15, -0.1) is 0 Å². The molecular weight excluding hydrogens is 321 g/mol. The average Bonchev–Trinajstić information content (AvgIpc) is 2.29. The number of furan rings is 1. The summed E-state index contributed by atoms with van der Waals surface area (Å²) in [6.07, 6.45) is -7.30. The Balaban J connectivity index is 2.96. The van der Waals surface area contributed by atoms with Crippen LogP contribution in [-0.2, 0) is 0 Å². The van der Waals surface area contributed by atoms with Gasteiger partial charge in [-0.1, -0.05) is 0 Å². The Morgan fingerprint density at radius 1 is 1.38 bits per heavy atom. The fraction of sp³-hybridized carbons (Fsp3) is 0.333. The van der Waals surface area contributed by atoms with Crippen molar-refractivity contribution in [1.29, 1.82) is 0 Å². The predicted octanol–water partition coefficient (Wildman–Crippen LogP) is 3.40. The van der Waals surface area contributed by atoms with Crippen molar-refractivity contribution in [2.45, 2.75) is 12.3 Å². The monoisotopic (exact) mass is 322 g/mol. The molecule has 0 aliphatic rings. The molecule has 0 aliphatic heterocycles. The minimum Gasteiger partial charge on any atom is -0.450 e. The van der Waals surface area contributed by atoms with Gasteiger partial charge >= 0.3 is 6.18 Å². The Morgan fingerprint density at radius 2 is 1.92 bits per heavy atom. The zero-order valence-corrected chi connectivity index (χ0v) is 9.07. The second-order valence-corrected chi connectivity index (χ2v) is 3.79. The highest BCUT2D eigenvalue weighted by atomic mass is 79.9. The maximum atomic E-state index is 11.9. The van der Waals surface area contributed by atoms with Gasteiger partial charge in [0.2, 0.25) is 6.10 Å². The van der Waals surface area contributed by atoms with Gasteiger partial charge in [-0.3, -0.25) is 0 Å². The van der Waals surface area contributed by atoms with E-state index in [0.717, 1.165) is 6.07 Å². The van der Waals surface area contributed by atoms with Gasteiger partial charge in [-0.25, -0.2) is 0 Å².